The minimum absolute atomic E-state index is 0.0295. The van der Waals surface area contributed by atoms with Crippen molar-refractivity contribution in [2.75, 3.05) is 6.61 Å². The van der Waals surface area contributed by atoms with Gasteiger partial charge in [0, 0.05) is 6.61 Å². The van der Waals surface area contributed by atoms with Crippen molar-refractivity contribution in [2.45, 2.75) is 51.0 Å². The number of benzene rings is 2. The van der Waals surface area contributed by atoms with Gasteiger partial charge in [0.1, 0.15) is 0 Å². The first kappa shape index (κ1) is 15.0. The van der Waals surface area contributed by atoms with Gasteiger partial charge < -0.3 is 4.74 Å². The predicted octanol–water partition coefficient (Wildman–Crippen LogP) is 5.06. The highest BCUT2D eigenvalue weighted by molar-refractivity contribution is 5.39. The summed E-state index contributed by atoms with van der Waals surface area (Å²) < 4.78 is 6.48. The largest absolute Gasteiger partial charge is 0.370 e. The van der Waals surface area contributed by atoms with Crippen LogP contribution in [-0.2, 0) is 29.6 Å². The van der Waals surface area contributed by atoms with Gasteiger partial charge >= 0.3 is 0 Å². The lowest BCUT2D eigenvalue weighted by atomic mass is 9.74. The van der Waals surface area contributed by atoms with E-state index in [1.807, 2.05) is 0 Å². The summed E-state index contributed by atoms with van der Waals surface area (Å²) in [5.74, 6) is 0.604. The van der Waals surface area contributed by atoms with Crippen LogP contribution in [0.3, 0.4) is 0 Å². The molecule has 0 N–H and O–H groups in total. The Bertz CT molecular complexity index is 669. The maximum absolute atomic E-state index is 6.48. The van der Waals surface area contributed by atoms with Gasteiger partial charge in [0.25, 0.3) is 0 Å². The number of fused-ring (bicyclic) bond motifs is 2. The molecule has 2 unspecified atom stereocenters. The minimum Gasteiger partial charge on any atom is -0.370 e. The number of ether oxygens (including phenoxy) is 1. The van der Waals surface area contributed by atoms with E-state index >= 15 is 0 Å². The topological polar surface area (TPSA) is 9.23 Å². The normalized spacial score (nSPS) is 26.4. The molecule has 0 saturated carbocycles. The van der Waals surface area contributed by atoms with Gasteiger partial charge in [-0.3, -0.25) is 0 Å². The monoisotopic (exact) mass is 306 g/mol. The highest BCUT2D eigenvalue weighted by atomic mass is 16.5. The Morgan fingerprint density at radius 2 is 1.83 bits per heavy atom. The second kappa shape index (κ2) is 6.13. The third kappa shape index (κ3) is 2.61. The molecule has 0 aromatic heterocycles. The Labute approximate surface area is 139 Å². The van der Waals surface area contributed by atoms with Crippen molar-refractivity contribution < 1.29 is 4.74 Å². The summed E-state index contributed by atoms with van der Waals surface area (Å²) >= 11 is 0. The summed E-state index contributed by atoms with van der Waals surface area (Å²) in [6.45, 7) is 3.13. The molecule has 23 heavy (non-hydrogen) atoms. The van der Waals surface area contributed by atoms with Crippen molar-refractivity contribution in [1.82, 2.24) is 0 Å². The average molecular weight is 306 g/mol. The maximum atomic E-state index is 6.48. The smallest absolute Gasteiger partial charge is 0.0968 e. The lowest BCUT2D eigenvalue weighted by molar-refractivity contribution is -0.124. The molecule has 1 aliphatic carbocycles. The van der Waals surface area contributed by atoms with E-state index in [9.17, 15) is 0 Å². The van der Waals surface area contributed by atoms with Crippen LogP contribution in [0.4, 0.5) is 0 Å². The summed E-state index contributed by atoms with van der Waals surface area (Å²) in [6, 6.07) is 18.2. The van der Waals surface area contributed by atoms with Gasteiger partial charge in [0.05, 0.1) is 5.60 Å². The molecule has 1 spiro atoms. The molecule has 2 aliphatic rings. The zero-order valence-electron chi connectivity index (χ0n) is 14.1. The van der Waals surface area contributed by atoms with E-state index in [2.05, 4.69) is 55.5 Å². The molecule has 4 rings (SSSR count). The van der Waals surface area contributed by atoms with Crippen LogP contribution in [0, 0.1) is 5.92 Å². The average Bonchev–Trinajstić information content (AvgIpc) is 2.97. The van der Waals surface area contributed by atoms with Crippen molar-refractivity contribution in [3.05, 3.63) is 70.8 Å². The van der Waals surface area contributed by atoms with Gasteiger partial charge in [0.2, 0.25) is 0 Å². The fourth-order valence-electron chi connectivity index (χ4n) is 4.58. The summed E-state index contributed by atoms with van der Waals surface area (Å²) in [5, 5.41) is 0. The highest BCUT2D eigenvalue weighted by Gasteiger charge is 2.47. The van der Waals surface area contributed by atoms with Crippen molar-refractivity contribution in [2.24, 2.45) is 5.92 Å². The van der Waals surface area contributed by atoms with Crippen LogP contribution in [-0.4, -0.2) is 6.61 Å². The fraction of sp³-hybridized carbons (Fsp3) is 0.455. The molecule has 1 heterocycles. The molecule has 0 radical (unpaired) electrons. The third-order valence-corrected chi connectivity index (χ3v) is 5.87. The second-order valence-corrected chi connectivity index (χ2v) is 7.11. The zero-order valence-corrected chi connectivity index (χ0v) is 14.1. The molecule has 1 aliphatic heterocycles. The van der Waals surface area contributed by atoms with E-state index in [0.29, 0.717) is 5.92 Å². The van der Waals surface area contributed by atoms with Crippen LogP contribution in [0.25, 0.3) is 0 Å². The van der Waals surface area contributed by atoms with E-state index in [1.165, 1.54) is 41.5 Å². The van der Waals surface area contributed by atoms with Crippen LogP contribution in [0.15, 0.2) is 48.5 Å². The molecule has 1 fully saturated rings. The molecular formula is C22H26O. The quantitative estimate of drug-likeness (QED) is 0.770. The SMILES string of the molecule is CCc1ccc(CC2CCCOC23CCc2ccccc23)cc1. The second-order valence-electron chi connectivity index (χ2n) is 7.11. The van der Waals surface area contributed by atoms with Crippen molar-refractivity contribution >= 4 is 0 Å². The Morgan fingerprint density at radius 1 is 1.04 bits per heavy atom. The van der Waals surface area contributed by atoms with E-state index in [4.69, 9.17) is 4.74 Å². The van der Waals surface area contributed by atoms with Gasteiger partial charge in [0.15, 0.2) is 0 Å². The molecule has 2 aromatic carbocycles. The van der Waals surface area contributed by atoms with E-state index in [1.54, 1.807) is 0 Å². The highest BCUT2D eigenvalue weighted by Crippen LogP contribution is 2.50. The summed E-state index contributed by atoms with van der Waals surface area (Å²) in [7, 11) is 0. The van der Waals surface area contributed by atoms with Gasteiger partial charge in [-0.1, -0.05) is 55.5 Å². The summed E-state index contributed by atoms with van der Waals surface area (Å²) in [4.78, 5) is 0. The van der Waals surface area contributed by atoms with Gasteiger partial charge in [-0.15, -0.1) is 0 Å². The fourth-order valence-corrected chi connectivity index (χ4v) is 4.58. The first-order valence-electron chi connectivity index (χ1n) is 9.12. The van der Waals surface area contributed by atoms with Crippen molar-refractivity contribution in [3.63, 3.8) is 0 Å². The number of aryl methyl sites for hydroxylation is 2. The first-order chi connectivity index (χ1) is 11.3. The van der Waals surface area contributed by atoms with E-state index < -0.39 is 0 Å². The minimum atomic E-state index is -0.0295. The van der Waals surface area contributed by atoms with Crippen molar-refractivity contribution in [3.8, 4) is 0 Å². The Kier molecular flexibility index (Phi) is 3.98. The van der Waals surface area contributed by atoms with Crippen LogP contribution >= 0.6 is 0 Å². The van der Waals surface area contributed by atoms with Gasteiger partial charge in [-0.05, 0) is 66.7 Å². The number of rotatable bonds is 3. The Balaban J connectivity index is 1.63. The van der Waals surface area contributed by atoms with Crippen LogP contribution in [0.1, 0.15) is 48.4 Å². The van der Waals surface area contributed by atoms with Crippen LogP contribution in [0.2, 0.25) is 0 Å². The molecule has 120 valence electrons. The van der Waals surface area contributed by atoms with Crippen LogP contribution in [0.5, 0.6) is 0 Å². The van der Waals surface area contributed by atoms with Crippen molar-refractivity contribution in [1.29, 1.82) is 0 Å². The number of hydrogen-bond donors (Lipinski definition) is 0. The molecule has 0 bridgehead atoms. The molecule has 2 atom stereocenters. The molecule has 0 amide bonds. The molecule has 1 nitrogen and oxygen atoms in total. The lowest BCUT2D eigenvalue weighted by Crippen LogP contribution is -2.41. The molecular weight excluding hydrogens is 280 g/mol. The Morgan fingerprint density at radius 3 is 2.65 bits per heavy atom. The number of hydrogen-bond acceptors (Lipinski definition) is 1. The molecule has 1 heteroatoms. The van der Waals surface area contributed by atoms with E-state index in [-0.39, 0.29) is 5.60 Å². The molecule has 2 aromatic rings. The standard InChI is InChI=1S/C22H26O/c1-2-17-9-11-18(12-10-17)16-20-7-5-15-23-22(20)14-13-19-6-3-4-8-21(19)22/h3-4,6,8-12,20H,2,5,7,13-16H2,1H3. The lowest BCUT2D eigenvalue weighted by Gasteiger charge is -2.42. The Hall–Kier alpha value is -1.60. The van der Waals surface area contributed by atoms with Crippen LogP contribution < -0.4 is 0 Å². The predicted molar refractivity (Wildman–Crippen MR) is 94.6 cm³/mol. The maximum Gasteiger partial charge on any atom is 0.0968 e. The summed E-state index contributed by atoms with van der Waals surface area (Å²) in [5.41, 5.74) is 5.82. The summed E-state index contributed by atoms with van der Waals surface area (Å²) in [6.07, 6.45) is 7.06. The third-order valence-electron chi connectivity index (χ3n) is 5.87. The molecule has 1 saturated heterocycles. The van der Waals surface area contributed by atoms with Gasteiger partial charge in [-0.25, -0.2) is 0 Å². The first-order valence-corrected chi connectivity index (χ1v) is 9.12. The zero-order chi connectivity index (χ0) is 15.7. The van der Waals surface area contributed by atoms with Gasteiger partial charge in [-0.2, -0.15) is 0 Å². The van der Waals surface area contributed by atoms with E-state index in [0.717, 1.165) is 25.9 Å².